The fourth-order valence-corrected chi connectivity index (χ4v) is 4.19. The number of carboxylic acid groups (broad SMARTS) is 1. The Kier molecular flexibility index (Phi) is 6.05. The molecule has 0 saturated carbocycles. The Bertz CT molecular complexity index is 910. The van der Waals surface area contributed by atoms with Gasteiger partial charge in [-0.3, -0.25) is 24.2 Å². The highest BCUT2D eigenvalue weighted by Gasteiger charge is 2.48. The Morgan fingerprint density at radius 2 is 1.96 bits per heavy atom. The molecule has 2 fully saturated rings. The van der Waals surface area contributed by atoms with Crippen molar-refractivity contribution >= 4 is 58.1 Å². The zero-order valence-electron chi connectivity index (χ0n) is 14.6. The zero-order valence-corrected chi connectivity index (χ0v) is 16.2. The molecule has 2 saturated heterocycles. The van der Waals surface area contributed by atoms with Gasteiger partial charge in [0.05, 0.1) is 11.3 Å². The smallest absolute Gasteiger partial charge is 0.266 e. The van der Waals surface area contributed by atoms with E-state index < -0.39 is 36.2 Å². The molecule has 2 aliphatic rings. The maximum absolute atomic E-state index is 12.7. The van der Waals surface area contributed by atoms with Crippen molar-refractivity contribution in [1.29, 1.82) is 0 Å². The molecule has 3 amide bonds. The number of hydrogen-bond acceptors (Lipinski definition) is 7. The summed E-state index contributed by atoms with van der Waals surface area (Å²) in [5.41, 5.74) is 0.967. The van der Waals surface area contributed by atoms with Gasteiger partial charge in [-0.1, -0.05) is 66.5 Å². The van der Waals surface area contributed by atoms with E-state index in [2.05, 4.69) is 0 Å². The van der Waals surface area contributed by atoms with Gasteiger partial charge in [-0.25, -0.2) is 0 Å². The number of nitrogens with zero attached hydrogens (tertiary/aromatic N) is 2. The molecule has 0 radical (unpaired) electrons. The van der Waals surface area contributed by atoms with Gasteiger partial charge in [0.25, 0.3) is 11.8 Å². The standard InChI is InChI=1S/C19H16N2O5S2/c22-15-11-13(17(25)20(15)10-9-16(23)24)21-18(26)14(28-19(21)27)8-4-7-12-5-2-1-3-6-12/h1-8,13H,9-11H2,(H,23,24)/p-1/b7-4+,14-8-/t13-/m0/s1. The van der Waals surface area contributed by atoms with E-state index in [4.69, 9.17) is 12.2 Å². The van der Waals surface area contributed by atoms with Crippen LogP contribution < -0.4 is 5.11 Å². The molecule has 28 heavy (non-hydrogen) atoms. The number of amides is 3. The first-order valence-electron chi connectivity index (χ1n) is 8.41. The molecule has 0 aromatic heterocycles. The fourth-order valence-electron chi connectivity index (χ4n) is 2.88. The Morgan fingerprint density at radius 1 is 1.25 bits per heavy atom. The molecule has 2 aliphatic heterocycles. The van der Waals surface area contributed by atoms with E-state index in [0.29, 0.717) is 4.91 Å². The molecule has 1 aromatic rings. The van der Waals surface area contributed by atoms with Crippen LogP contribution >= 0.6 is 24.0 Å². The fraction of sp³-hybridized carbons (Fsp3) is 0.211. The lowest BCUT2D eigenvalue weighted by Gasteiger charge is -2.21. The number of hydrogen-bond donors (Lipinski definition) is 0. The second kappa shape index (κ2) is 8.49. The third-order valence-electron chi connectivity index (χ3n) is 4.23. The van der Waals surface area contributed by atoms with Crippen molar-refractivity contribution in [3.8, 4) is 0 Å². The van der Waals surface area contributed by atoms with Crippen LogP contribution in [0.1, 0.15) is 18.4 Å². The summed E-state index contributed by atoms with van der Waals surface area (Å²) in [6.07, 6.45) is 4.49. The Balaban J connectivity index is 1.72. The molecule has 0 N–H and O–H groups in total. The van der Waals surface area contributed by atoms with Gasteiger partial charge in [-0.2, -0.15) is 0 Å². The summed E-state index contributed by atoms with van der Waals surface area (Å²) in [4.78, 5) is 50.2. The first-order chi connectivity index (χ1) is 13.4. The molecule has 3 rings (SSSR count). The first kappa shape index (κ1) is 20.0. The largest absolute Gasteiger partial charge is 0.550 e. The number of likely N-dealkylation sites (tertiary alicyclic amines) is 1. The van der Waals surface area contributed by atoms with E-state index in [-0.39, 0.29) is 17.3 Å². The van der Waals surface area contributed by atoms with Crippen LogP contribution in [0.15, 0.2) is 47.4 Å². The molecule has 144 valence electrons. The first-order valence-corrected chi connectivity index (χ1v) is 9.64. The van der Waals surface area contributed by atoms with Crippen LogP contribution in [-0.4, -0.2) is 50.4 Å². The van der Waals surface area contributed by atoms with Gasteiger partial charge in [0.15, 0.2) is 0 Å². The lowest BCUT2D eigenvalue weighted by molar-refractivity contribution is -0.305. The SMILES string of the molecule is O=C([O-])CCN1C(=O)C[C@H](N2C(=O)/C(=C/C=C/c3ccccc3)SC2=S)C1=O. The van der Waals surface area contributed by atoms with Crippen LogP contribution in [0.2, 0.25) is 0 Å². The third-order valence-corrected chi connectivity index (χ3v) is 5.58. The number of carbonyl (C=O) groups is 4. The van der Waals surface area contributed by atoms with Gasteiger partial charge in [0, 0.05) is 18.9 Å². The average molecular weight is 415 g/mol. The second-order valence-electron chi connectivity index (χ2n) is 6.07. The van der Waals surface area contributed by atoms with Crippen LogP contribution in [0.5, 0.6) is 0 Å². The number of imide groups is 1. The lowest BCUT2D eigenvalue weighted by atomic mass is 10.2. The van der Waals surface area contributed by atoms with Crippen molar-refractivity contribution in [2.24, 2.45) is 0 Å². The average Bonchev–Trinajstić information content (AvgIpc) is 3.09. The minimum Gasteiger partial charge on any atom is -0.550 e. The van der Waals surface area contributed by atoms with Crippen LogP contribution in [0.4, 0.5) is 0 Å². The highest BCUT2D eigenvalue weighted by atomic mass is 32.2. The summed E-state index contributed by atoms with van der Waals surface area (Å²) in [6, 6.07) is 8.49. The van der Waals surface area contributed by atoms with Crippen molar-refractivity contribution in [2.75, 3.05) is 6.54 Å². The number of thiocarbonyl (C=S) groups is 1. The summed E-state index contributed by atoms with van der Waals surface area (Å²) < 4.78 is 0.192. The molecular weight excluding hydrogens is 400 g/mol. The molecule has 0 aliphatic carbocycles. The summed E-state index contributed by atoms with van der Waals surface area (Å²) in [5, 5.41) is 10.6. The normalized spacial score (nSPS) is 21.6. The predicted octanol–water partition coefficient (Wildman–Crippen LogP) is 0.712. The number of carboxylic acids is 1. The van der Waals surface area contributed by atoms with Crippen LogP contribution in [0.3, 0.4) is 0 Å². The highest BCUT2D eigenvalue weighted by Crippen LogP contribution is 2.35. The van der Waals surface area contributed by atoms with Crippen molar-refractivity contribution < 1.29 is 24.3 Å². The van der Waals surface area contributed by atoms with Crippen molar-refractivity contribution in [3.05, 3.63) is 53.0 Å². The van der Waals surface area contributed by atoms with Gasteiger partial charge < -0.3 is 9.90 Å². The molecule has 9 heteroatoms. The van der Waals surface area contributed by atoms with E-state index in [1.807, 2.05) is 36.4 Å². The van der Waals surface area contributed by atoms with E-state index in [0.717, 1.165) is 27.1 Å². The molecule has 0 unspecified atom stereocenters. The molecule has 2 heterocycles. The minimum atomic E-state index is -1.36. The topological polar surface area (TPSA) is 97.8 Å². The molecule has 0 bridgehead atoms. The molecule has 7 nitrogen and oxygen atoms in total. The Labute approximate surface area is 170 Å². The number of benzene rings is 1. The maximum Gasteiger partial charge on any atom is 0.266 e. The van der Waals surface area contributed by atoms with Gasteiger partial charge in [0.1, 0.15) is 10.4 Å². The lowest BCUT2D eigenvalue weighted by Crippen LogP contribution is -2.44. The summed E-state index contributed by atoms with van der Waals surface area (Å²) in [6.45, 7) is -0.277. The minimum absolute atomic E-state index is 0.192. The number of allylic oxidation sites excluding steroid dienone is 2. The van der Waals surface area contributed by atoms with Gasteiger partial charge in [-0.05, 0) is 11.6 Å². The highest BCUT2D eigenvalue weighted by molar-refractivity contribution is 8.26. The van der Waals surface area contributed by atoms with E-state index in [9.17, 15) is 24.3 Å². The number of thioether (sulfide) groups is 1. The van der Waals surface area contributed by atoms with Crippen molar-refractivity contribution in [1.82, 2.24) is 9.80 Å². The number of carbonyl (C=O) groups excluding carboxylic acids is 4. The Hall–Kier alpha value is -2.78. The second-order valence-corrected chi connectivity index (χ2v) is 7.75. The zero-order chi connectivity index (χ0) is 20.3. The van der Waals surface area contributed by atoms with E-state index >= 15 is 0 Å². The third kappa shape index (κ3) is 4.20. The van der Waals surface area contributed by atoms with Crippen LogP contribution in [0, 0.1) is 0 Å². The number of rotatable bonds is 6. The maximum atomic E-state index is 12.7. The molecule has 1 atom stereocenters. The molecule has 1 aromatic carbocycles. The molecular formula is C19H15N2O5S2-. The van der Waals surface area contributed by atoms with Crippen LogP contribution in [0.25, 0.3) is 6.08 Å². The monoisotopic (exact) mass is 415 g/mol. The molecule has 0 spiro atoms. The van der Waals surface area contributed by atoms with Gasteiger partial charge in [-0.15, -0.1) is 0 Å². The quantitative estimate of drug-likeness (QED) is 0.383. The van der Waals surface area contributed by atoms with Crippen molar-refractivity contribution in [2.45, 2.75) is 18.9 Å². The van der Waals surface area contributed by atoms with Crippen LogP contribution in [-0.2, 0) is 19.2 Å². The summed E-state index contributed by atoms with van der Waals surface area (Å²) in [5.74, 6) is -2.95. The summed E-state index contributed by atoms with van der Waals surface area (Å²) in [7, 11) is 0. The van der Waals surface area contributed by atoms with E-state index in [1.54, 1.807) is 12.2 Å². The van der Waals surface area contributed by atoms with E-state index in [1.165, 1.54) is 0 Å². The Morgan fingerprint density at radius 3 is 2.64 bits per heavy atom. The predicted molar refractivity (Wildman–Crippen MR) is 105 cm³/mol. The number of aliphatic carboxylic acids is 1. The van der Waals surface area contributed by atoms with Crippen molar-refractivity contribution in [3.63, 3.8) is 0 Å². The van der Waals surface area contributed by atoms with Gasteiger partial charge in [0.2, 0.25) is 5.91 Å². The van der Waals surface area contributed by atoms with Gasteiger partial charge >= 0.3 is 0 Å². The summed E-state index contributed by atoms with van der Waals surface area (Å²) >= 11 is 6.29.